The van der Waals surface area contributed by atoms with E-state index in [-0.39, 0.29) is 0 Å². The van der Waals surface area contributed by atoms with Crippen molar-refractivity contribution in [2.24, 2.45) is 5.73 Å². The van der Waals surface area contributed by atoms with Gasteiger partial charge in [-0.3, -0.25) is 0 Å². The van der Waals surface area contributed by atoms with Crippen molar-refractivity contribution in [2.75, 3.05) is 13.7 Å². The number of nitrogens with two attached hydrogens (primary N) is 1. The number of ether oxygens (including phenoxy) is 1. The van der Waals surface area contributed by atoms with Gasteiger partial charge in [-0.1, -0.05) is 12.1 Å². The summed E-state index contributed by atoms with van der Waals surface area (Å²) < 4.78 is 18.6. The van der Waals surface area contributed by atoms with Crippen LogP contribution >= 0.6 is 0 Å². The van der Waals surface area contributed by atoms with Crippen LogP contribution in [0.25, 0.3) is 0 Å². The van der Waals surface area contributed by atoms with Gasteiger partial charge in [0.25, 0.3) is 0 Å². The van der Waals surface area contributed by atoms with Gasteiger partial charge in [-0.15, -0.1) is 0 Å². The van der Waals surface area contributed by atoms with E-state index >= 15 is 0 Å². The number of rotatable bonds is 5. The first kappa shape index (κ1) is 12.0. The molecular formula is C12H18FNO. The molecule has 84 valence electrons. The minimum Gasteiger partial charge on any atom is -0.496 e. The Kier molecular flexibility index (Phi) is 4.56. The molecule has 15 heavy (non-hydrogen) atoms. The Morgan fingerprint density at radius 2 is 2.20 bits per heavy atom. The summed E-state index contributed by atoms with van der Waals surface area (Å²) in [6.07, 6.45) is 0.650. The standard InChI is InChI=1S/C12H18FNO/c1-9(13)10-5-3-7-12(15-2)11(10)6-4-8-14/h3,5,7,9H,4,6,8,14H2,1-2H3. The van der Waals surface area contributed by atoms with E-state index in [4.69, 9.17) is 10.5 Å². The van der Waals surface area contributed by atoms with Gasteiger partial charge >= 0.3 is 0 Å². The van der Waals surface area contributed by atoms with Crippen molar-refractivity contribution in [3.05, 3.63) is 29.3 Å². The van der Waals surface area contributed by atoms with E-state index in [2.05, 4.69) is 0 Å². The van der Waals surface area contributed by atoms with Crippen molar-refractivity contribution in [1.29, 1.82) is 0 Å². The third-order valence-corrected chi connectivity index (χ3v) is 2.45. The zero-order valence-electron chi connectivity index (χ0n) is 9.29. The molecule has 0 radical (unpaired) electrons. The molecule has 1 aromatic rings. The Labute approximate surface area is 90.2 Å². The summed E-state index contributed by atoms with van der Waals surface area (Å²) in [6.45, 7) is 2.15. The van der Waals surface area contributed by atoms with E-state index in [1.165, 1.54) is 0 Å². The van der Waals surface area contributed by atoms with Crippen molar-refractivity contribution >= 4 is 0 Å². The summed E-state index contributed by atoms with van der Waals surface area (Å²) in [4.78, 5) is 0. The van der Waals surface area contributed by atoms with Gasteiger partial charge in [-0.2, -0.15) is 0 Å². The molecule has 0 fully saturated rings. The summed E-state index contributed by atoms with van der Waals surface area (Å²) in [6, 6.07) is 5.48. The number of methoxy groups -OCH3 is 1. The molecule has 1 unspecified atom stereocenters. The van der Waals surface area contributed by atoms with E-state index in [0.717, 1.165) is 24.2 Å². The molecule has 0 saturated carbocycles. The predicted molar refractivity (Wildman–Crippen MR) is 59.9 cm³/mol. The molecule has 0 saturated heterocycles. The first-order chi connectivity index (χ1) is 7.20. The second-order valence-electron chi connectivity index (χ2n) is 3.54. The molecular weight excluding hydrogens is 193 g/mol. The van der Waals surface area contributed by atoms with Crippen LogP contribution in [0.5, 0.6) is 5.75 Å². The summed E-state index contributed by atoms with van der Waals surface area (Å²) in [5.41, 5.74) is 7.12. The van der Waals surface area contributed by atoms with Gasteiger partial charge in [-0.05, 0) is 37.9 Å². The van der Waals surface area contributed by atoms with Crippen LogP contribution in [0.4, 0.5) is 4.39 Å². The van der Waals surface area contributed by atoms with Gasteiger partial charge in [0, 0.05) is 5.56 Å². The van der Waals surface area contributed by atoms with Crippen molar-refractivity contribution < 1.29 is 9.13 Å². The van der Waals surface area contributed by atoms with Gasteiger partial charge in [-0.25, -0.2) is 4.39 Å². The second kappa shape index (κ2) is 5.71. The van der Waals surface area contributed by atoms with Crippen molar-refractivity contribution in [1.82, 2.24) is 0 Å². The lowest BCUT2D eigenvalue weighted by Gasteiger charge is -2.14. The molecule has 1 atom stereocenters. The molecule has 1 aromatic carbocycles. The molecule has 3 heteroatoms. The molecule has 0 aromatic heterocycles. The fourth-order valence-electron chi connectivity index (χ4n) is 1.69. The van der Waals surface area contributed by atoms with Gasteiger partial charge in [0.2, 0.25) is 0 Å². The molecule has 0 amide bonds. The summed E-state index contributed by atoms with van der Waals surface area (Å²) in [7, 11) is 1.61. The monoisotopic (exact) mass is 211 g/mol. The normalized spacial score (nSPS) is 12.5. The first-order valence-electron chi connectivity index (χ1n) is 5.20. The fraction of sp³-hybridized carbons (Fsp3) is 0.500. The average molecular weight is 211 g/mol. The molecule has 2 N–H and O–H groups in total. The fourth-order valence-corrected chi connectivity index (χ4v) is 1.69. The molecule has 0 heterocycles. The molecule has 0 bridgehead atoms. The highest BCUT2D eigenvalue weighted by Crippen LogP contribution is 2.29. The number of alkyl halides is 1. The SMILES string of the molecule is COc1cccc(C(C)F)c1CCCN. The van der Waals surface area contributed by atoms with Crippen LogP contribution in [0.15, 0.2) is 18.2 Å². The van der Waals surface area contributed by atoms with Crippen LogP contribution < -0.4 is 10.5 Å². The van der Waals surface area contributed by atoms with Crippen LogP contribution in [-0.2, 0) is 6.42 Å². The number of hydrogen-bond donors (Lipinski definition) is 1. The van der Waals surface area contributed by atoms with E-state index in [9.17, 15) is 4.39 Å². The average Bonchev–Trinajstić information content (AvgIpc) is 2.25. The minimum atomic E-state index is -0.965. The van der Waals surface area contributed by atoms with Gasteiger partial charge < -0.3 is 10.5 Å². The number of halogens is 1. The van der Waals surface area contributed by atoms with Crippen molar-refractivity contribution in [2.45, 2.75) is 25.9 Å². The zero-order chi connectivity index (χ0) is 11.3. The lowest BCUT2D eigenvalue weighted by molar-refractivity contribution is 0.364. The second-order valence-corrected chi connectivity index (χ2v) is 3.54. The van der Waals surface area contributed by atoms with Crippen LogP contribution in [-0.4, -0.2) is 13.7 Å². The van der Waals surface area contributed by atoms with Gasteiger partial charge in [0.05, 0.1) is 7.11 Å². The maximum atomic E-state index is 13.4. The molecule has 0 spiro atoms. The largest absolute Gasteiger partial charge is 0.496 e. The van der Waals surface area contributed by atoms with E-state index in [1.807, 2.05) is 12.1 Å². The third-order valence-electron chi connectivity index (χ3n) is 2.45. The van der Waals surface area contributed by atoms with Crippen LogP contribution in [0.3, 0.4) is 0 Å². The Balaban J connectivity index is 3.03. The summed E-state index contributed by atoms with van der Waals surface area (Å²) in [5.74, 6) is 0.755. The van der Waals surface area contributed by atoms with Crippen LogP contribution in [0.1, 0.15) is 30.6 Å². The first-order valence-corrected chi connectivity index (χ1v) is 5.20. The highest BCUT2D eigenvalue weighted by atomic mass is 19.1. The van der Waals surface area contributed by atoms with Crippen molar-refractivity contribution in [3.63, 3.8) is 0 Å². The van der Waals surface area contributed by atoms with Crippen LogP contribution in [0, 0.1) is 0 Å². The Morgan fingerprint density at radius 3 is 2.73 bits per heavy atom. The van der Waals surface area contributed by atoms with Crippen molar-refractivity contribution in [3.8, 4) is 5.75 Å². The Bertz CT molecular complexity index is 312. The van der Waals surface area contributed by atoms with E-state index in [1.54, 1.807) is 20.1 Å². The summed E-state index contributed by atoms with van der Waals surface area (Å²) >= 11 is 0. The predicted octanol–water partition coefficient (Wildman–Crippen LogP) is 2.62. The lowest BCUT2D eigenvalue weighted by atomic mass is 9.99. The lowest BCUT2D eigenvalue weighted by Crippen LogP contribution is -2.04. The Morgan fingerprint density at radius 1 is 1.47 bits per heavy atom. The molecule has 1 rings (SSSR count). The third kappa shape index (κ3) is 2.93. The smallest absolute Gasteiger partial charge is 0.123 e. The van der Waals surface area contributed by atoms with Gasteiger partial charge in [0.1, 0.15) is 11.9 Å². The minimum absolute atomic E-state index is 0.609. The van der Waals surface area contributed by atoms with E-state index < -0.39 is 6.17 Å². The van der Waals surface area contributed by atoms with Gasteiger partial charge in [0.15, 0.2) is 0 Å². The maximum absolute atomic E-state index is 13.4. The molecule has 0 aliphatic carbocycles. The summed E-state index contributed by atoms with van der Waals surface area (Å²) in [5, 5.41) is 0. The molecule has 2 nitrogen and oxygen atoms in total. The zero-order valence-corrected chi connectivity index (χ0v) is 9.29. The highest BCUT2D eigenvalue weighted by molar-refractivity contribution is 5.41. The number of benzene rings is 1. The van der Waals surface area contributed by atoms with E-state index in [0.29, 0.717) is 12.1 Å². The molecule has 0 aliphatic rings. The highest BCUT2D eigenvalue weighted by Gasteiger charge is 2.13. The van der Waals surface area contributed by atoms with Crippen LogP contribution in [0.2, 0.25) is 0 Å². The Hall–Kier alpha value is -1.09. The maximum Gasteiger partial charge on any atom is 0.123 e. The molecule has 0 aliphatic heterocycles. The number of hydrogen-bond acceptors (Lipinski definition) is 2. The topological polar surface area (TPSA) is 35.2 Å². The quantitative estimate of drug-likeness (QED) is 0.812.